The Morgan fingerprint density at radius 2 is 1.80 bits per heavy atom. The highest BCUT2D eigenvalue weighted by atomic mass is 35.5. The van der Waals surface area contributed by atoms with E-state index < -0.39 is 11.6 Å². The number of hydrogen-bond acceptors (Lipinski definition) is 5. The van der Waals surface area contributed by atoms with Gasteiger partial charge in [0.2, 0.25) is 0 Å². The Bertz CT molecular complexity index is 1550. The Kier molecular flexibility index (Phi) is 9.54. The molecule has 1 aliphatic carbocycles. The number of thioether (sulfide) groups is 1. The molecule has 216 valence electrons. The van der Waals surface area contributed by atoms with E-state index in [1.807, 2.05) is 31.5 Å². The molecule has 0 unspecified atom stereocenters. The Morgan fingerprint density at radius 1 is 1.07 bits per heavy atom. The molecule has 1 amide bonds. The number of methoxy groups -OCH3 is 1. The summed E-state index contributed by atoms with van der Waals surface area (Å²) < 4.78 is 35.0. The maximum Gasteiger partial charge on any atom is 0.265 e. The molecule has 9 heteroatoms. The van der Waals surface area contributed by atoms with Crippen molar-refractivity contribution in [3.05, 3.63) is 81.7 Å². The third kappa shape index (κ3) is 6.41. The Morgan fingerprint density at radius 3 is 2.49 bits per heavy atom. The first-order valence-electron chi connectivity index (χ1n) is 13.7. The summed E-state index contributed by atoms with van der Waals surface area (Å²) in [5.41, 5.74) is 2.94. The van der Waals surface area contributed by atoms with E-state index in [1.165, 1.54) is 0 Å². The van der Waals surface area contributed by atoms with Gasteiger partial charge in [-0.25, -0.2) is 8.78 Å². The highest BCUT2D eigenvalue weighted by Crippen LogP contribution is 2.40. The van der Waals surface area contributed by atoms with E-state index in [-0.39, 0.29) is 32.4 Å². The van der Waals surface area contributed by atoms with Crippen LogP contribution in [0.3, 0.4) is 0 Å². The zero-order valence-corrected chi connectivity index (χ0v) is 25.7. The maximum atomic E-state index is 14.7. The molecule has 5 rings (SSSR count). The predicted octanol–water partition coefficient (Wildman–Crippen LogP) is 8.65. The molecule has 3 aromatic carbocycles. The van der Waals surface area contributed by atoms with Gasteiger partial charge in [-0.3, -0.25) is 4.79 Å². The Hall–Kier alpha value is -2.65. The second kappa shape index (κ2) is 13.1. The van der Waals surface area contributed by atoms with E-state index in [2.05, 4.69) is 29.6 Å². The zero-order valence-electron chi connectivity index (χ0n) is 23.3. The number of carbonyl (C=O) groups is 1. The van der Waals surface area contributed by atoms with Crippen LogP contribution >= 0.6 is 34.7 Å². The third-order valence-corrected chi connectivity index (χ3v) is 10.3. The number of fused-ring (bicyclic) bond motifs is 1. The number of nitrogens with one attached hydrogen (secondary N) is 1. The average molecular weight is 615 g/mol. The molecular formula is C32H33ClF2N2O2S2. The lowest BCUT2D eigenvalue weighted by molar-refractivity contribution is 0.0698. The van der Waals surface area contributed by atoms with Gasteiger partial charge in [0.1, 0.15) is 22.3 Å². The molecule has 1 aromatic heterocycles. The molecule has 1 aliphatic rings. The van der Waals surface area contributed by atoms with Gasteiger partial charge in [-0.1, -0.05) is 29.8 Å². The predicted molar refractivity (Wildman–Crippen MR) is 167 cm³/mol. The summed E-state index contributed by atoms with van der Waals surface area (Å²) >= 11 is 9.16. The smallest absolute Gasteiger partial charge is 0.265 e. The quantitative estimate of drug-likeness (QED) is 0.192. The summed E-state index contributed by atoms with van der Waals surface area (Å²) in [6.45, 7) is 0.791. The fourth-order valence-electron chi connectivity index (χ4n) is 5.63. The molecule has 0 bridgehead atoms. The molecule has 0 saturated heterocycles. The second-order valence-corrected chi connectivity index (χ2v) is 12.7. The maximum absolute atomic E-state index is 14.7. The van der Waals surface area contributed by atoms with E-state index in [9.17, 15) is 13.6 Å². The van der Waals surface area contributed by atoms with Gasteiger partial charge in [-0.15, -0.1) is 23.1 Å². The van der Waals surface area contributed by atoms with E-state index in [0.717, 1.165) is 70.7 Å². The first-order valence-corrected chi connectivity index (χ1v) is 16.1. The topological polar surface area (TPSA) is 41.6 Å². The minimum atomic E-state index is -0.638. The summed E-state index contributed by atoms with van der Waals surface area (Å²) in [4.78, 5) is 17.2. The van der Waals surface area contributed by atoms with Gasteiger partial charge in [-0.05, 0) is 92.4 Å². The van der Waals surface area contributed by atoms with Crippen LogP contribution in [0.15, 0.2) is 59.5 Å². The van der Waals surface area contributed by atoms with Crippen LogP contribution in [0.1, 0.15) is 40.9 Å². The molecule has 1 N–H and O–H groups in total. The van der Waals surface area contributed by atoms with E-state index in [4.69, 9.17) is 16.3 Å². The Balaban J connectivity index is 1.52. The number of thiophene rings is 1. The van der Waals surface area contributed by atoms with Crippen molar-refractivity contribution in [2.75, 3.05) is 27.0 Å². The molecular weight excluding hydrogens is 582 g/mol. The minimum Gasteiger partial charge on any atom is -0.496 e. The highest BCUT2D eigenvalue weighted by Gasteiger charge is 2.29. The molecule has 0 aliphatic heterocycles. The molecule has 0 spiro atoms. The van der Waals surface area contributed by atoms with Crippen LogP contribution in [0.25, 0.3) is 21.2 Å². The van der Waals surface area contributed by atoms with Crippen molar-refractivity contribution in [3.63, 3.8) is 0 Å². The minimum absolute atomic E-state index is 0.0366. The normalized spacial score (nSPS) is 17.1. The van der Waals surface area contributed by atoms with Crippen molar-refractivity contribution in [1.82, 2.24) is 10.2 Å². The molecule has 1 saturated carbocycles. The van der Waals surface area contributed by atoms with Gasteiger partial charge in [0.25, 0.3) is 5.91 Å². The van der Waals surface area contributed by atoms with Crippen LogP contribution in [0, 0.1) is 17.6 Å². The summed E-state index contributed by atoms with van der Waals surface area (Å²) in [6, 6.07) is 16.9. The van der Waals surface area contributed by atoms with Gasteiger partial charge >= 0.3 is 0 Å². The fraction of sp³-hybridized carbons (Fsp3) is 0.344. The van der Waals surface area contributed by atoms with Crippen molar-refractivity contribution in [1.29, 1.82) is 0 Å². The van der Waals surface area contributed by atoms with Crippen molar-refractivity contribution in [3.8, 4) is 16.9 Å². The molecule has 4 aromatic rings. The van der Waals surface area contributed by atoms with E-state index >= 15 is 0 Å². The molecule has 4 nitrogen and oxygen atoms in total. The van der Waals surface area contributed by atoms with Crippen LogP contribution in [-0.4, -0.2) is 43.8 Å². The zero-order chi connectivity index (χ0) is 29.1. The van der Waals surface area contributed by atoms with Crippen LogP contribution < -0.4 is 10.1 Å². The van der Waals surface area contributed by atoms with Crippen LogP contribution in [0.2, 0.25) is 5.02 Å². The molecule has 1 heterocycles. The van der Waals surface area contributed by atoms with Gasteiger partial charge in [0.05, 0.1) is 22.2 Å². The van der Waals surface area contributed by atoms with Crippen LogP contribution in [-0.2, 0) is 6.54 Å². The second-order valence-electron chi connectivity index (χ2n) is 10.4. The number of ether oxygens (including phenoxy) is 1. The number of hydrogen-bond donors (Lipinski definition) is 1. The summed E-state index contributed by atoms with van der Waals surface area (Å²) in [5, 5.41) is 3.28. The number of halogens is 3. The van der Waals surface area contributed by atoms with Crippen molar-refractivity contribution in [2.24, 2.45) is 5.92 Å². The van der Waals surface area contributed by atoms with Crippen LogP contribution in [0.4, 0.5) is 8.78 Å². The molecule has 1 fully saturated rings. The number of benzene rings is 3. The monoisotopic (exact) mass is 614 g/mol. The lowest BCUT2D eigenvalue weighted by atomic mass is 9.85. The molecule has 41 heavy (non-hydrogen) atoms. The van der Waals surface area contributed by atoms with Gasteiger partial charge in [0, 0.05) is 29.6 Å². The van der Waals surface area contributed by atoms with Crippen molar-refractivity contribution in [2.45, 2.75) is 43.2 Å². The molecule has 0 atom stereocenters. The summed E-state index contributed by atoms with van der Waals surface area (Å²) in [7, 11) is 3.60. The van der Waals surface area contributed by atoms with E-state index in [0.29, 0.717) is 24.3 Å². The van der Waals surface area contributed by atoms with Crippen LogP contribution in [0.5, 0.6) is 5.75 Å². The lowest BCUT2D eigenvalue weighted by Gasteiger charge is -2.33. The largest absolute Gasteiger partial charge is 0.496 e. The van der Waals surface area contributed by atoms with Gasteiger partial charge < -0.3 is 15.0 Å². The number of nitrogens with zero attached hydrogens (tertiary/aromatic N) is 1. The summed E-state index contributed by atoms with van der Waals surface area (Å²) in [5.74, 6) is -0.585. The average Bonchev–Trinajstić information content (AvgIpc) is 3.36. The van der Waals surface area contributed by atoms with Gasteiger partial charge in [-0.2, -0.15) is 0 Å². The van der Waals surface area contributed by atoms with Crippen molar-refractivity contribution >= 4 is 50.7 Å². The number of amides is 1. The SMILES string of the molecule is CNC1CCC(CN(Cc2cc(-c3cccc(SC)c3)ccc2OC)C(=O)c2sc3c(F)ccc(F)c3c2Cl)CC1. The Labute approximate surface area is 253 Å². The van der Waals surface area contributed by atoms with Gasteiger partial charge in [0.15, 0.2) is 0 Å². The molecule has 0 radical (unpaired) electrons. The third-order valence-electron chi connectivity index (χ3n) is 7.94. The lowest BCUT2D eigenvalue weighted by Crippen LogP contribution is -2.38. The highest BCUT2D eigenvalue weighted by molar-refractivity contribution is 7.98. The van der Waals surface area contributed by atoms with Crippen molar-refractivity contribution < 1.29 is 18.3 Å². The first kappa shape index (κ1) is 29.8. The number of rotatable bonds is 9. The summed E-state index contributed by atoms with van der Waals surface area (Å²) in [6.07, 6.45) is 6.08. The number of carbonyl (C=O) groups excluding carboxylic acids is 1. The van der Waals surface area contributed by atoms with E-state index in [1.54, 1.807) is 23.8 Å². The fourth-order valence-corrected chi connectivity index (χ4v) is 7.61. The first-order chi connectivity index (χ1) is 19.8. The standard InChI is InChI=1S/C32H33ClF2N2O2S2/c1-36-23-10-7-19(8-11-23)17-37(32(38)31-29(33)28-25(34)12-13-26(35)30(28)41-31)18-22-15-21(9-14-27(22)39-2)20-5-4-6-24(16-20)40-3/h4-6,9,12-16,19,23,36H,7-8,10-11,17-18H2,1-3H3.